The summed E-state index contributed by atoms with van der Waals surface area (Å²) in [5.41, 5.74) is 1.76. The average molecular weight is 362 g/mol. The van der Waals surface area contributed by atoms with Crippen LogP contribution in [0.25, 0.3) is 0 Å². The van der Waals surface area contributed by atoms with Gasteiger partial charge in [-0.1, -0.05) is 26.0 Å². The maximum absolute atomic E-state index is 12.6. The monoisotopic (exact) mass is 362 g/mol. The molecule has 0 saturated carbocycles. The summed E-state index contributed by atoms with van der Waals surface area (Å²) in [4.78, 5) is 17.8. The molecular weight excluding hydrogens is 336 g/mol. The van der Waals surface area contributed by atoms with Crippen molar-refractivity contribution in [1.29, 1.82) is 0 Å². The van der Waals surface area contributed by atoms with Gasteiger partial charge in [0.05, 0.1) is 23.9 Å². The number of amides is 1. The second kappa shape index (κ2) is 8.45. The highest BCUT2D eigenvalue weighted by Gasteiger charge is 2.24. The highest BCUT2D eigenvalue weighted by Crippen LogP contribution is 2.26. The van der Waals surface area contributed by atoms with Crippen LogP contribution in [0, 0.1) is 6.92 Å². The average Bonchev–Trinajstić information content (AvgIpc) is 2.98. The Hall–Kier alpha value is -1.92. The molecule has 1 aromatic carbocycles. The molecule has 0 fully saturated rings. The number of benzene rings is 1. The van der Waals surface area contributed by atoms with Gasteiger partial charge in [0.25, 0.3) is 5.91 Å². The Kier molecular flexibility index (Phi) is 6.56. The summed E-state index contributed by atoms with van der Waals surface area (Å²) in [6.45, 7) is 7.97. The van der Waals surface area contributed by atoms with Crippen molar-refractivity contribution in [2.75, 3.05) is 14.2 Å². The van der Waals surface area contributed by atoms with E-state index < -0.39 is 0 Å². The van der Waals surface area contributed by atoms with Crippen molar-refractivity contribution in [3.63, 3.8) is 0 Å². The van der Waals surface area contributed by atoms with Gasteiger partial charge in [-0.05, 0) is 31.5 Å². The zero-order chi connectivity index (χ0) is 18.6. The van der Waals surface area contributed by atoms with Crippen LogP contribution in [0.15, 0.2) is 24.3 Å². The molecule has 2 unspecified atom stereocenters. The molecule has 1 amide bonds. The van der Waals surface area contributed by atoms with E-state index >= 15 is 0 Å². The summed E-state index contributed by atoms with van der Waals surface area (Å²) in [5, 5.41) is 4.02. The maximum Gasteiger partial charge on any atom is 0.263 e. The minimum absolute atomic E-state index is 0.107. The van der Waals surface area contributed by atoms with Crippen molar-refractivity contribution in [3.05, 3.63) is 45.4 Å². The van der Waals surface area contributed by atoms with E-state index in [1.807, 2.05) is 38.1 Å². The van der Waals surface area contributed by atoms with Gasteiger partial charge in [-0.15, -0.1) is 11.3 Å². The molecule has 1 N–H and O–H groups in total. The fourth-order valence-electron chi connectivity index (χ4n) is 2.65. The van der Waals surface area contributed by atoms with E-state index in [4.69, 9.17) is 9.47 Å². The van der Waals surface area contributed by atoms with Crippen molar-refractivity contribution >= 4 is 17.2 Å². The fraction of sp³-hybridized carbons (Fsp3) is 0.474. The van der Waals surface area contributed by atoms with Gasteiger partial charge < -0.3 is 14.8 Å². The smallest absolute Gasteiger partial charge is 0.263 e. The Balaban J connectivity index is 2.12. The highest BCUT2D eigenvalue weighted by atomic mass is 32.1. The highest BCUT2D eigenvalue weighted by molar-refractivity contribution is 7.13. The summed E-state index contributed by atoms with van der Waals surface area (Å²) >= 11 is 1.46. The van der Waals surface area contributed by atoms with Crippen LogP contribution in [-0.2, 0) is 4.74 Å². The summed E-state index contributed by atoms with van der Waals surface area (Å²) in [7, 11) is 3.28. The zero-order valence-electron chi connectivity index (χ0n) is 15.6. The minimum atomic E-state index is -0.243. The standard InChI is InChI=1S/C19H26N2O3S/c1-11(2)19-21-13(4)17(25-19)18(22)20-12(3)16(24-6)14-7-9-15(23-5)10-8-14/h7-12,16H,1-6H3,(H,20,22). The molecule has 2 rings (SSSR count). The maximum atomic E-state index is 12.6. The number of thiazole rings is 1. The first kappa shape index (κ1) is 19.4. The van der Waals surface area contributed by atoms with E-state index in [2.05, 4.69) is 24.1 Å². The molecular formula is C19H26N2O3S. The minimum Gasteiger partial charge on any atom is -0.497 e. The van der Waals surface area contributed by atoms with Gasteiger partial charge in [-0.3, -0.25) is 4.79 Å². The van der Waals surface area contributed by atoms with Crippen molar-refractivity contribution in [2.45, 2.75) is 45.8 Å². The van der Waals surface area contributed by atoms with Gasteiger partial charge in [-0.2, -0.15) is 0 Å². The van der Waals surface area contributed by atoms with Crippen LogP contribution in [0.1, 0.15) is 58.7 Å². The van der Waals surface area contributed by atoms with E-state index in [0.29, 0.717) is 10.8 Å². The first-order chi connectivity index (χ1) is 11.9. The van der Waals surface area contributed by atoms with Crippen LogP contribution in [0.5, 0.6) is 5.75 Å². The number of aryl methyl sites for hydroxylation is 1. The predicted octanol–water partition coefficient (Wildman–Crippen LogP) is 4.09. The molecule has 0 radical (unpaired) electrons. The Morgan fingerprint density at radius 1 is 1.16 bits per heavy atom. The van der Waals surface area contributed by atoms with Crippen LogP contribution in [0.3, 0.4) is 0 Å². The number of aromatic nitrogens is 1. The van der Waals surface area contributed by atoms with Crippen LogP contribution in [0.4, 0.5) is 0 Å². The molecule has 1 aromatic heterocycles. The molecule has 0 aliphatic carbocycles. The van der Waals surface area contributed by atoms with Gasteiger partial charge in [0.1, 0.15) is 16.7 Å². The third-order valence-corrected chi connectivity index (χ3v) is 5.48. The predicted molar refractivity (Wildman–Crippen MR) is 101 cm³/mol. The molecule has 0 saturated heterocycles. The number of hydrogen-bond acceptors (Lipinski definition) is 5. The topological polar surface area (TPSA) is 60.5 Å². The third-order valence-electron chi connectivity index (χ3n) is 4.02. The quantitative estimate of drug-likeness (QED) is 0.806. The second-order valence-electron chi connectivity index (χ2n) is 6.31. The lowest BCUT2D eigenvalue weighted by Crippen LogP contribution is -2.37. The molecule has 1 heterocycles. The van der Waals surface area contributed by atoms with E-state index in [0.717, 1.165) is 22.0 Å². The Morgan fingerprint density at radius 3 is 2.28 bits per heavy atom. The Bertz CT molecular complexity index is 710. The SMILES string of the molecule is COc1ccc(C(OC)C(C)NC(=O)c2sc(C(C)C)nc2C)cc1. The van der Waals surface area contributed by atoms with E-state index in [-0.39, 0.29) is 18.1 Å². The van der Waals surface area contributed by atoms with E-state index in [1.165, 1.54) is 11.3 Å². The lowest BCUT2D eigenvalue weighted by Gasteiger charge is -2.24. The van der Waals surface area contributed by atoms with Crippen LogP contribution in [0.2, 0.25) is 0 Å². The number of carbonyl (C=O) groups is 1. The van der Waals surface area contributed by atoms with Crippen molar-refractivity contribution < 1.29 is 14.3 Å². The number of nitrogens with zero attached hydrogens (tertiary/aromatic N) is 1. The number of rotatable bonds is 7. The molecule has 5 nitrogen and oxygen atoms in total. The number of carbonyl (C=O) groups excluding carboxylic acids is 1. The number of ether oxygens (including phenoxy) is 2. The fourth-order valence-corrected chi connectivity index (χ4v) is 3.62. The second-order valence-corrected chi connectivity index (χ2v) is 7.34. The molecule has 0 aliphatic rings. The first-order valence-corrected chi connectivity index (χ1v) is 9.14. The molecule has 0 spiro atoms. The summed E-state index contributed by atoms with van der Waals surface area (Å²) in [6, 6.07) is 7.49. The molecule has 2 atom stereocenters. The Morgan fingerprint density at radius 2 is 1.80 bits per heavy atom. The van der Waals surface area contributed by atoms with Gasteiger partial charge in [0.15, 0.2) is 0 Å². The molecule has 25 heavy (non-hydrogen) atoms. The number of methoxy groups -OCH3 is 2. The van der Waals surface area contributed by atoms with E-state index in [9.17, 15) is 4.79 Å². The first-order valence-electron chi connectivity index (χ1n) is 8.32. The van der Waals surface area contributed by atoms with Crippen LogP contribution < -0.4 is 10.1 Å². The van der Waals surface area contributed by atoms with Crippen molar-refractivity contribution in [2.24, 2.45) is 0 Å². The Labute approximate surface area is 153 Å². The van der Waals surface area contributed by atoms with Gasteiger partial charge in [0, 0.05) is 13.0 Å². The zero-order valence-corrected chi connectivity index (χ0v) is 16.4. The largest absolute Gasteiger partial charge is 0.497 e. The normalized spacial score (nSPS) is 13.6. The summed E-state index contributed by atoms with van der Waals surface area (Å²) in [6.07, 6.45) is -0.243. The molecule has 6 heteroatoms. The number of nitrogens with one attached hydrogen (secondary N) is 1. The lowest BCUT2D eigenvalue weighted by atomic mass is 10.0. The van der Waals surface area contributed by atoms with Gasteiger partial charge >= 0.3 is 0 Å². The molecule has 2 aromatic rings. The van der Waals surface area contributed by atoms with Gasteiger partial charge in [0.2, 0.25) is 0 Å². The number of hydrogen-bond donors (Lipinski definition) is 1. The summed E-state index contributed by atoms with van der Waals surface area (Å²) < 4.78 is 10.8. The van der Waals surface area contributed by atoms with Crippen LogP contribution in [-0.4, -0.2) is 31.2 Å². The molecule has 0 bridgehead atoms. The van der Waals surface area contributed by atoms with Crippen molar-refractivity contribution in [1.82, 2.24) is 10.3 Å². The lowest BCUT2D eigenvalue weighted by molar-refractivity contribution is 0.0646. The van der Waals surface area contributed by atoms with Crippen LogP contribution >= 0.6 is 11.3 Å². The van der Waals surface area contributed by atoms with Crippen molar-refractivity contribution in [3.8, 4) is 5.75 Å². The molecule has 0 aliphatic heterocycles. The van der Waals surface area contributed by atoms with E-state index in [1.54, 1.807) is 14.2 Å². The van der Waals surface area contributed by atoms with Gasteiger partial charge in [-0.25, -0.2) is 4.98 Å². The summed E-state index contributed by atoms with van der Waals surface area (Å²) in [5.74, 6) is 0.996. The molecule has 136 valence electrons. The third kappa shape index (κ3) is 4.58.